The summed E-state index contributed by atoms with van der Waals surface area (Å²) in [5.74, 6) is -0.299. The van der Waals surface area contributed by atoms with E-state index in [1.54, 1.807) is 12.1 Å². The Hall–Kier alpha value is -1.01. The lowest BCUT2D eigenvalue weighted by Gasteiger charge is -2.42. The van der Waals surface area contributed by atoms with Gasteiger partial charge in [0.1, 0.15) is 5.82 Å². The summed E-state index contributed by atoms with van der Waals surface area (Å²) in [5.41, 5.74) is 0.426. The standard InChI is InChI=1S/C16H24FNO3/c1-16(2)11-18(9-14(10-19)21-16)8-7-15(20)12-3-5-13(17)6-4-12/h3-6,14-15,19-20H,7-11H2,1-2H3. The van der Waals surface area contributed by atoms with Gasteiger partial charge in [-0.2, -0.15) is 0 Å². The molecule has 1 saturated heterocycles. The molecule has 5 heteroatoms. The summed E-state index contributed by atoms with van der Waals surface area (Å²) in [5, 5.41) is 19.5. The Balaban J connectivity index is 1.88. The van der Waals surface area contributed by atoms with E-state index in [4.69, 9.17) is 4.74 Å². The van der Waals surface area contributed by atoms with Gasteiger partial charge in [0.2, 0.25) is 0 Å². The van der Waals surface area contributed by atoms with Crippen molar-refractivity contribution in [1.82, 2.24) is 4.90 Å². The maximum Gasteiger partial charge on any atom is 0.123 e. The zero-order valence-corrected chi connectivity index (χ0v) is 12.6. The van der Waals surface area contributed by atoms with Gasteiger partial charge in [-0.05, 0) is 38.0 Å². The van der Waals surface area contributed by atoms with Crippen LogP contribution in [-0.2, 0) is 4.74 Å². The van der Waals surface area contributed by atoms with E-state index in [0.29, 0.717) is 19.5 Å². The van der Waals surface area contributed by atoms with E-state index in [0.717, 1.165) is 12.1 Å². The second-order valence-electron chi connectivity index (χ2n) is 6.27. The fraction of sp³-hybridized carbons (Fsp3) is 0.625. The van der Waals surface area contributed by atoms with Crippen LogP contribution >= 0.6 is 0 Å². The minimum Gasteiger partial charge on any atom is -0.394 e. The Bertz CT molecular complexity index is 449. The van der Waals surface area contributed by atoms with Crippen molar-refractivity contribution in [2.75, 3.05) is 26.2 Å². The number of aliphatic hydroxyl groups is 2. The highest BCUT2D eigenvalue weighted by atomic mass is 19.1. The van der Waals surface area contributed by atoms with E-state index in [9.17, 15) is 14.6 Å². The highest BCUT2D eigenvalue weighted by Gasteiger charge is 2.32. The summed E-state index contributed by atoms with van der Waals surface area (Å²) in [6.07, 6.45) is -0.222. The van der Waals surface area contributed by atoms with E-state index in [1.807, 2.05) is 13.8 Å². The number of ether oxygens (including phenoxy) is 1. The van der Waals surface area contributed by atoms with Crippen molar-refractivity contribution in [3.8, 4) is 0 Å². The third kappa shape index (κ3) is 4.74. The van der Waals surface area contributed by atoms with Crippen LogP contribution in [0.5, 0.6) is 0 Å². The molecular formula is C16H24FNO3. The van der Waals surface area contributed by atoms with Gasteiger partial charge in [0.15, 0.2) is 0 Å². The summed E-state index contributed by atoms with van der Waals surface area (Å²) in [6, 6.07) is 5.94. The Morgan fingerprint density at radius 2 is 2.05 bits per heavy atom. The Labute approximate surface area is 125 Å². The van der Waals surface area contributed by atoms with Crippen molar-refractivity contribution in [3.63, 3.8) is 0 Å². The summed E-state index contributed by atoms with van der Waals surface area (Å²) in [7, 11) is 0. The molecule has 0 bridgehead atoms. The number of aliphatic hydroxyl groups excluding tert-OH is 2. The molecule has 1 heterocycles. The van der Waals surface area contributed by atoms with Crippen LogP contribution < -0.4 is 0 Å². The summed E-state index contributed by atoms with van der Waals surface area (Å²) in [4.78, 5) is 2.19. The first-order valence-corrected chi connectivity index (χ1v) is 7.34. The molecule has 2 N–H and O–H groups in total. The lowest BCUT2D eigenvalue weighted by Crippen LogP contribution is -2.54. The number of benzene rings is 1. The largest absolute Gasteiger partial charge is 0.394 e. The first-order valence-electron chi connectivity index (χ1n) is 7.34. The Morgan fingerprint density at radius 3 is 2.67 bits per heavy atom. The van der Waals surface area contributed by atoms with Crippen LogP contribution in [-0.4, -0.2) is 53.1 Å². The van der Waals surface area contributed by atoms with Crippen LogP contribution in [0, 0.1) is 5.82 Å². The molecule has 1 aromatic carbocycles. The molecular weight excluding hydrogens is 273 g/mol. The second kappa shape index (κ2) is 6.83. The Morgan fingerprint density at radius 1 is 1.38 bits per heavy atom. The molecule has 1 aromatic rings. The molecule has 2 rings (SSSR count). The fourth-order valence-corrected chi connectivity index (χ4v) is 2.84. The average molecular weight is 297 g/mol. The smallest absolute Gasteiger partial charge is 0.123 e. The van der Waals surface area contributed by atoms with Crippen LogP contribution in [0.4, 0.5) is 4.39 Å². The van der Waals surface area contributed by atoms with Crippen molar-refractivity contribution in [2.24, 2.45) is 0 Å². The minimum atomic E-state index is -0.607. The van der Waals surface area contributed by atoms with Crippen LogP contribution in [0.1, 0.15) is 31.9 Å². The van der Waals surface area contributed by atoms with E-state index in [1.165, 1.54) is 12.1 Å². The first kappa shape index (κ1) is 16.4. The number of rotatable bonds is 5. The third-order valence-corrected chi connectivity index (χ3v) is 3.73. The van der Waals surface area contributed by atoms with Crippen LogP contribution in [0.3, 0.4) is 0 Å². The van der Waals surface area contributed by atoms with Gasteiger partial charge in [0, 0.05) is 19.6 Å². The first-order chi connectivity index (χ1) is 9.89. The lowest BCUT2D eigenvalue weighted by atomic mass is 10.0. The maximum absolute atomic E-state index is 12.9. The lowest BCUT2D eigenvalue weighted by molar-refractivity contribution is -0.149. The van der Waals surface area contributed by atoms with Gasteiger partial charge >= 0.3 is 0 Å². The van der Waals surface area contributed by atoms with Crippen molar-refractivity contribution in [1.29, 1.82) is 0 Å². The molecule has 0 aromatic heterocycles. The van der Waals surface area contributed by atoms with Gasteiger partial charge < -0.3 is 14.9 Å². The molecule has 21 heavy (non-hydrogen) atoms. The van der Waals surface area contributed by atoms with Gasteiger partial charge in [-0.25, -0.2) is 4.39 Å². The number of morpholine rings is 1. The molecule has 1 aliphatic rings. The molecule has 0 aliphatic carbocycles. The summed E-state index contributed by atoms with van der Waals surface area (Å²) < 4.78 is 18.6. The zero-order valence-electron chi connectivity index (χ0n) is 12.6. The zero-order chi connectivity index (χ0) is 15.5. The van der Waals surface area contributed by atoms with E-state index < -0.39 is 6.10 Å². The average Bonchev–Trinajstić information content (AvgIpc) is 2.44. The molecule has 0 spiro atoms. The summed E-state index contributed by atoms with van der Waals surface area (Å²) >= 11 is 0. The SMILES string of the molecule is CC1(C)CN(CCC(O)c2ccc(F)cc2)CC(CO)O1. The van der Waals surface area contributed by atoms with Gasteiger partial charge in [-0.15, -0.1) is 0 Å². The van der Waals surface area contributed by atoms with E-state index in [-0.39, 0.29) is 24.1 Å². The van der Waals surface area contributed by atoms with Gasteiger partial charge in [-0.3, -0.25) is 4.90 Å². The number of hydrogen-bond donors (Lipinski definition) is 2. The molecule has 2 atom stereocenters. The van der Waals surface area contributed by atoms with Crippen molar-refractivity contribution >= 4 is 0 Å². The molecule has 0 saturated carbocycles. The van der Waals surface area contributed by atoms with E-state index >= 15 is 0 Å². The molecule has 2 unspecified atom stereocenters. The maximum atomic E-state index is 12.9. The van der Waals surface area contributed by atoms with Crippen molar-refractivity contribution < 1.29 is 19.3 Å². The van der Waals surface area contributed by atoms with Crippen LogP contribution in [0.15, 0.2) is 24.3 Å². The topological polar surface area (TPSA) is 52.9 Å². The molecule has 4 nitrogen and oxygen atoms in total. The predicted octanol–water partition coefficient (Wildman–Crippen LogP) is 1.72. The monoisotopic (exact) mass is 297 g/mol. The molecule has 0 radical (unpaired) electrons. The van der Waals surface area contributed by atoms with Crippen LogP contribution in [0.2, 0.25) is 0 Å². The third-order valence-electron chi connectivity index (χ3n) is 3.73. The molecule has 118 valence electrons. The molecule has 0 amide bonds. The number of halogens is 1. The number of hydrogen-bond acceptors (Lipinski definition) is 4. The van der Waals surface area contributed by atoms with Gasteiger partial charge in [0.25, 0.3) is 0 Å². The summed E-state index contributed by atoms with van der Waals surface area (Å²) in [6.45, 7) is 6.13. The predicted molar refractivity (Wildman–Crippen MR) is 78.5 cm³/mol. The second-order valence-corrected chi connectivity index (χ2v) is 6.27. The quantitative estimate of drug-likeness (QED) is 0.869. The van der Waals surface area contributed by atoms with Crippen LogP contribution in [0.25, 0.3) is 0 Å². The number of nitrogens with zero attached hydrogens (tertiary/aromatic N) is 1. The highest BCUT2D eigenvalue weighted by molar-refractivity contribution is 5.18. The Kier molecular flexibility index (Phi) is 5.32. The van der Waals surface area contributed by atoms with Crippen molar-refractivity contribution in [3.05, 3.63) is 35.6 Å². The fourth-order valence-electron chi connectivity index (χ4n) is 2.84. The highest BCUT2D eigenvalue weighted by Crippen LogP contribution is 2.23. The minimum absolute atomic E-state index is 0.000442. The molecule has 1 aliphatic heterocycles. The van der Waals surface area contributed by atoms with Crippen molar-refractivity contribution in [2.45, 2.75) is 38.1 Å². The van der Waals surface area contributed by atoms with Gasteiger partial charge in [-0.1, -0.05) is 12.1 Å². The van der Waals surface area contributed by atoms with Gasteiger partial charge in [0.05, 0.1) is 24.4 Å². The molecule has 1 fully saturated rings. The van der Waals surface area contributed by atoms with E-state index in [2.05, 4.69) is 4.90 Å². The normalized spacial score (nSPS) is 24.0.